The van der Waals surface area contributed by atoms with Crippen LogP contribution in [0.1, 0.15) is 37.6 Å². The molecule has 0 unspecified atom stereocenters. The van der Waals surface area contributed by atoms with Crippen LogP contribution in [0.25, 0.3) is 10.9 Å². The van der Waals surface area contributed by atoms with Crippen LogP contribution in [0.3, 0.4) is 0 Å². The van der Waals surface area contributed by atoms with E-state index in [9.17, 15) is 14.0 Å². The Labute approximate surface area is 223 Å². The topological polar surface area (TPSA) is 155 Å². The van der Waals surface area contributed by atoms with Crippen molar-refractivity contribution in [3.63, 3.8) is 0 Å². The van der Waals surface area contributed by atoms with E-state index in [0.29, 0.717) is 18.4 Å². The minimum atomic E-state index is -0.938. The summed E-state index contributed by atoms with van der Waals surface area (Å²) in [4.78, 5) is 28.7. The van der Waals surface area contributed by atoms with Crippen molar-refractivity contribution in [1.29, 1.82) is 0 Å². The molecule has 1 saturated heterocycles. The summed E-state index contributed by atoms with van der Waals surface area (Å²) in [5.74, 6) is -2.49. The molecule has 1 fully saturated rings. The van der Waals surface area contributed by atoms with Gasteiger partial charge in [-0.1, -0.05) is 0 Å². The molecule has 4 rings (SSSR count). The number of anilines is 3. The molecule has 210 valence electrons. The highest BCUT2D eigenvalue weighted by atomic mass is 19.1. The number of benzene rings is 1. The number of hydrogen-bond acceptors (Lipinski definition) is 9. The minimum Gasteiger partial charge on any atom is -0.479 e. The number of methoxy groups -OCH3 is 1. The molecule has 0 bridgehead atoms. The average molecular weight is 548 g/mol. The maximum atomic E-state index is 15.1. The number of alkyl carbamates (subject to hydrolysis) is 1. The highest BCUT2D eigenvalue weighted by molar-refractivity contribution is 5.99. The fourth-order valence-electron chi connectivity index (χ4n) is 4.25. The number of carbonyl (C=O) groups excluding carboxylic acids is 2. The lowest BCUT2D eigenvalue weighted by atomic mass is 10.0. The van der Waals surface area contributed by atoms with E-state index in [1.54, 1.807) is 33.9 Å². The maximum absolute atomic E-state index is 15.1. The van der Waals surface area contributed by atoms with Gasteiger partial charge in [-0.2, -0.15) is 0 Å². The van der Waals surface area contributed by atoms with E-state index < -0.39 is 41.3 Å². The number of carbonyl (C=O) groups is 2. The van der Waals surface area contributed by atoms with Gasteiger partial charge in [0.05, 0.1) is 36.8 Å². The molecule has 1 aliphatic rings. The molecule has 0 radical (unpaired) electrons. The predicted molar refractivity (Wildman–Crippen MR) is 139 cm³/mol. The van der Waals surface area contributed by atoms with Crippen LogP contribution in [0, 0.1) is 11.6 Å². The summed E-state index contributed by atoms with van der Waals surface area (Å²) in [5, 5.41) is 13.1. The van der Waals surface area contributed by atoms with Crippen molar-refractivity contribution in [2.24, 2.45) is 12.8 Å². The third-order valence-electron chi connectivity index (χ3n) is 5.94. The quantitative estimate of drug-likeness (QED) is 0.349. The number of nitrogens with zero attached hydrogens (tertiary/aromatic N) is 3. The van der Waals surface area contributed by atoms with E-state index in [4.69, 9.17) is 19.9 Å². The molecule has 39 heavy (non-hydrogen) atoms. The van der Waals surface area contributed by atoms with Crippen molar-refractivity contribution in [2.75, 3.05) is 31.0 Å². The van der Waals surface area contributed by atoms with Crippen LogP contribution < -0.4 is 26.4 Å². The Hall–Kier alpha value is -4.20. The summed E-state index contributed by atoms with van der Waals surface area (Å²) in [6, 6.07) is 2.65. The fraction of sp³-hybridized carbons (Fsp3) is 0.440. The summed E-state index contributed by atoms with van der Waals surface area (Å²) in [6.45, 7) is 5.74. The lowest BCUT2D eigenvalue weighted by Crippen LogP contribution is -2.53. The monoisotopic (exact) mass is 547 g/mol. The molecule has 0 spiro atoms. The Bertz CT molecular complexity index is 1410. The number of primary amides is 1. The Morgan fingerprint density at radius 3 is 2.56 bits per heavy atom. The first-order valence-electron chi connectivity index (χ1n) is 12.2. The van der Waals surface area contributed by atoms with Crippen LogP contribution in [-0.4, -0.2) is 64.8 Å². The van der Waals surface area contributed by atoms with E-state index >= 15 is 4.39 Å². The number of aromatic nitrogens is 3. The summed E-state index contributed by atoms with van der Waals surface area (Å²) in [5.41, 5.74) is 4.94. The van der Waals surface area contributed by atoms with Gasteiger partial charge in [0.25, 0.3) is 5.91 Å². The number of fused-ring (bicyclic) bond motifs is 1. The van der Waals surface area contributed by atoms with Gasteiger partial charge >= 0.3 is 6.09 Å². The second-order valence-corrected chi connectivity index (χ2v) is 10.1. The Morgan fingerprint density at radius 1 is 1.15 bits per heavy atom. The molecule has 1 aromatic carbocycles. The first-order chi connectivity index (χ1) is 18.4. The normalized spacial score (nSPS) is 17.5. The average Bonchev–Trinajstić information content (AvgIpc) is 3.16. The van der Waals surface area contributed by atoms with Gasteiger partial charge in [0.15, 0.2) is 17.5 Å². The van der Waals surface area contributed by atoms with Gasteiger partial charge in [-0.05, 0) is 45.4 Å². The van der Waals surface area contributed by atoms with Crippen molar-refractivity contribution in [3.8, 4) is 5.88 Å². The zero-order chi connectivity index (χ0) is 28.5. The summed E-state index contributed by atoms with van der Waals surface area (Å²) in [6.07, 6.45) is -0.224. The molecule has 12 nitrogen and oxygen atoms in total. The van der Waals surface area contributed by atoms with Crippen molar-refractivity contribution in [1.82, 2.24) is 20.1 Å². The number of pyridine rings is 1. The number of hydrogen-bond donors (Lipinski definition) is 4. The van der Waals surface area contributed by atoms with Gasteiger partial charge in [-0.3, -0.25) is 9.48 Å². The minimum absolute atomic E-state index is 0.100. The molecular weight excluding hydrogens is 516 g/mol. The van der Waals surface area contributed by atoms with Gasteiger partial charge in [-0.25, -0.2) is 18.6 Å². The third kappa shape index (κ3) is 6.28. The molecule has 3 aromatic rings. The number of amides is 2. The van der Waals surface area contributed by atoms with Crippen molar-refractivity contribution in [3.05, 3.63) is 35.4 Å². The smallest absolute Gasteiger partial charge is 0.408 e. The second kappa shape index (κ2) is 10.9. The molecular formula is C25H31F2N7O5. The zero-order valence-corrected chi connectivity index (χ0v) is 22.2. The number of halogens is 2. The number of nitrogens with one attached hydrogen (secondary N) is 3. The predicted octanol–water partition coefficient (Wildman–Crippen LogP) is 3.19. The first-order valence-corrected chi connectivity index (χ1v) is 12.2. The molecule has 5 N–H and O–H groups in total. The summed E-state index contributed by atoms with van der Waals surface area (Å²) >= 11 is 0. The van der Waals surface area contributed by atoms with E-state index in [1.807, 2.05) is 0 Å². The highest BCUT2D eigenvalue weighted by Gasteiger charge is 2.30. The number of ether oxygens (including phenoxy) is 3. The standard InChI is InChI=1S/C25H31F2N7O5/c1-25(2,3)39-24(36)31-18-11-38-7-6-17(18)30-22-16(27)10-14(20(28)35)21(32-22)29-12-8-13-19(15(26)9-12)34(4)33-23(13)37-5/h8-10,17-18H,6-7,11H2,1-5H3,(H2,28,35)(H,31,36)(H2,29,30,32)/t17-,18+/m1/s1. The van der Waals surface area contributed by atoms with Crippen LogP contribution in [0.4, 0.5) is 30.9 Å². The van der Waals surface area contributed by atoms with Crippen LogP contribution in [0.2, 0.25) is 0 Å². The maximum Gasteiger partial charge on any atom is 0.408 e. The molecule has 3 heterocycles. The molecule has 0 aliphatic carbocycles. The van der Waals surface area contributed by atoms with Crippen LogP contribution >= 0.6 is 0 Å². The fourth-order valence-corrected chi connectivity index (χ4v) is 4.25. The van der Waals surface area contributed by atoms with Crippen LogP contribution in [0.15, 0.2) is 18.2 Å². The molecule has 14 heteroatoms. The van der Waals surface area contributed by atoms with E-state index in [0.717, 1.165) is 6.07 Å². The largest absolute Gasteiger partial charge is 0.479 e. The van der Waals surface area contributed by atoms with E-state index in [1.165, 1.54) is 17.9 Å². The Kier molecular flexibility index (Phi) is 7.77. The van der Waals surface area contributed by atoms with Crippen molar-refractivity contribution >= 4 is 40.2 Å². The molecule has 0 saturated carbocycles. The number of nitrogens with two attached hydrogens (primary N) is 1. The van der Waals surface area contributed by atoms with Gasteiger partial charge in [0.2, 0.25) is 5.88 Å². The molecule has 2 atom stereocenters. The zero-order valence-electron chi connectivity index (χ0n) is 22.2. The van der Waals surface area contributed by atoms with Crippen molar-refractivity contribution in [2.45, 2.75) is 44.9 Å². The Morgan fingerprint density at radius 2 is 1.90 bits per heavy atom. The van der Waals surface area contributed by atoms with Crippen LogP contribution in [-0.2, 0) is 16.5 Å². The van der Waals surface area contributed by atoms with Gasteiger partial charge in [0, 0.05) is 19.3 Å². The summed E-state index contributed by atoms with van der Waals surface area (Å²) in [7, 11) is 2.98. The molecule has 1 aliphatic heterocycles. The molecule has 2 aromatic heterocycles. The third-order valence-corrected chi connectivity index (χ3v) is 5.94. The lowest BCUT2D eigenvalue weighted by Gasteiger charge is -2.33. The summed E-state index contributed by atoms with van der Waals surface area (Å²) < 4.78 is 47.4. The van der Waals surface area contributed by atoms with E-state index in [-0.39, 0.29) is 40.9 Å². The highest BCUT2D eigenvalue weighted by Crippen LogP contribution is 2.32. The Balaban J connectivity index is 1.64. The second-order valence-electron chi connectivity index (χ2n) is 10.1. The first kappa shape index (κ1) is 27.8. The SMILES string of the molecule is COc1nn(C)c2c(F)cc(Nc3nc(N[C@@H]4CCOC[C@@H]4NC(=O)OC(C)(C)C)c(F)cc3C(N)=O)cc12. The van der Waals surface area contributed by atoms with Crippen LogP contribution in [0.5, 0.6) is 5.88 Å². The number of rotatable bonds is 7. The van der Waals surface area contributed by atoms with Gasteiger partial charge < -0.3 is 35.9 Å². The molecule has 2 amide bonds. The number of aryl methyl sites for hydroxylation is 1. The van der Waals surface area contributed by atoms with Gasteiger partial charge in [0.1, 0.15) is 16.9 Å². The van der Waals surface area contributed by atoms with E-state index in [2.05, 4.69) is 26.0 Å². The van der Waals surface area contributed by atoms with Crippen molar-refractivity contribution < 1.29 is 32.6 Å². The van der Waals surface area contributed by atoms with Gasteiger partial charge in [-0.15, -0.1) is 5.10 Å². The lowest BCUT2D eigenvalue weighted by molar-refractivity contribution is 0.0317.